The van der Waals surface area contributed by atoms with Gasteiger partial charge in [0, 0.05) is 6.54 Å². The normalized spacial score (nSPS) is 14.6. The Hall–Kier alpha value is -3.99. The molecule has 0 spiro atoms. The minimum Gasteiger partial charge on any atom is -0.481 e. The van der Waals surface area contributed by atoms with Gasteiger partial charge in [0.2, 0.25) is 23.6 Å². The van der Waals surface area contributed by atoms with E-state index in [1.165, 1.54) is 0 Å². The summed E-state index contributed by atoms with van der Waals surface area (Å²) in [6.07, 6.45) is -0.226. The summed E-state index contributed by atoms with van der Waals surface area (Å²) < 4.78 is 0. The molecule has 13 N–H and O–H groups in total. The Morgan fingerprint density at radius 2 is 1.34 bits per heavy atom. The van der Waals surface area contributed by atoms with Crippen molar-refractivity contribution in [2.45, 2.75) is 83.6 Å². The maximum absolute atomic E-state index is 12.9. The van der Waals surface area contributed by atoms with Crippen molar-refractivity contribution in [2.24, 2.45) is 23.3 Å². The molecule has 0 fully saturated rings. The summed E-state index contributed by atoms with van der Waals surface area (Å²) in [5, 5.41) is 47.0. The molecule has 0 unspecified atom stereocenters. The Morgan fingerprint density at radius 1 is 0.805 bits per heavy atom. The summed E-state index contributed by atoms with van der Waals surface area (Å²) in [6, 6.07) is -6.85. The van der Waals surface area contributed by atoms with E-state index in [-0.39, 0.29) is 24.7 Å². The van der Waals surface area contributed by atoms with Gasteiger partial charge in [0.25, 0.3) is 0 Å². The quantitative estimate of drug-likeness (QED) is 0.0403. The van der Waals surface area contributed by atoms with Gasteiger partial charge in [0.05, 0.1) is 19.1 Å². The molecule has 0 aliphatic carbocycles. The lowest BCUT2D eigenvalue weighted by atomic mass is 10.0. The van der Waals surface area contributed by atoms with Crippen LogP contribution in [0, 0.1) is 17.2 Å². The monoisotopic (exact) mass is 588 g/mol. The highest BCUT2D eigenvalue weighted by atomic mass is 16.4. The summed E-state index contributed by atoms with van der Waals surface area (Å²) in [4.78, 5) is 73.7. The van der Waals surface area contributed by atoms with E-state index in [2.05, 4.69) is 26.6 Å². The molecule has 17 heteroatoms. The number of carbonyl (C=O) groups is 6. The van der Waals surface area contributed by atoms with Crippen LogP contribution in [0.4, 0.5) is 0 Å². The van der Waals surface area contributed by atoms with Gasteiger partial charge < -0.3 is 53.4 Å². The van der Waals surface area contributed by atoms with E-state index >= 15 is 0 Å². The van der Waals surface area contributed by atoms with Crippen LogP contribution in [0.25, 0.3) is 0 Å². The first-order chi connectivity index (χ1) is 19.0. The molecule has 5 atom stereocenters. The van der Waals surface area contributed by atoms with Crippen LogP contribution >= 0.6 is 0 Å². The zero-order valence-electron chi connectivity index (χ0n) is 23.7. The molecule has 0 saturated heterocycles. The molecule has 0 aromatic rings. The van der Waals surface area contributed by atoms with Crippen LogP contribution in [0.5, 0.6) is 0 Å². The number of carboxylic acid groups (broad SMARTS) is 2. The number of carbonyl (C=O) groups excluding carboxylic acids is 4. The summed E-state index contributed by atoms with van der Waals surface area (Å²) in [6.45, 7) is 6.05. The Kier molecular flexibility index (Phi) is 16.6. The Morgan fingerprint density at radius 3 is 1.80 bits per heavy atom. The Bertz CT molecular complexity index is 944. The Balaban J connectivity index is 5.43. The number of guanidine groups is 1. The van der Waals surface area contributed by atoms with Gasteiger partial charge in [0.1, 0.15) is 24.2 Å². The van der Waals surface area contributed by atoms with Crippen molar-refractivity contribution in [3.8, 4) is 0 Å². The first-order valence-electron chi connectivity index (χ1n) is 13.1. The lowest BCUT2D eigenvalue weighted by Crippen LogP contribution is -2.60. The van der Waals surface area contributed by atoms with Crippen molar-refractivity contribution in [1.29, 1.82) is 5.41 Å². The average Bonchev–Trinajstić information content (AvgIpc) is 2.85. The average molecular weight is 589 g/mol. The second kappa shape index (κ2) is 18.4. The molecule has 0 heterocycles. The predicted octanol–water partition coefficient (Wildman–Crippen LogP) is -3.23. The lowest BCUT2D eigenvalue weighted by Gasteiger charge is -2.27. The van der Waals surface area contributed by atoms with Gasteiger partial charge in [-0.25, -0.2) is 4.79 Å². The molecule has 17 nitrogen and oxygen atoms in total. The lowest BCUT2D eigenvalue weighted by molar-refractivity contribution is -0.144. The molecule has 0 aromatic heterocycles. The van der Waals surface area contributed by atoms with Crippen LogP contribution in [0.1, 0.15) is 53.4 Å². The smallest absolute Gasteiger partial charge is 0.326 e. The van der Waals surface area contributed by atoms with Gasteiger partial charge in [-0.05, 0) is 31.1 Å². The number of aliphatic hydroxyl groups is 1. The number of hydrogen-bond donors (Lipinski definition) is 11. The molecule has 4 amide bonds. The van der Waals surface area contributed by atoms with Gasteiger partial charge >= 0.3 is 11.9 Å². The molecular formula is C24H44N8O9. The standard InChI is InChI=1S/C24H44N8O9/c1-11(2)8-15(23(40)41)30-20(37)14(9-17(34)35)29-21(38)16(10-33)31-22(39)18(12(3)4)32-19(36)13(25)6-5-7-28-24(26)27/h11-16,18,33H,5-10,25H2,1-4H3,(H,29,38)(H,30,37)(H,31,39)(H,32,36)(H,34,35)(H,40,41)(H4,26,27,28)/t13-,14-,15-,16-,18-/m0/s1. The molecule has 0 aliphatic rings. The fraction of sp³-hybridized carbons (Fsp3) is 0.708. The molecule has 0 saturated carbocycles. The van der Waals surface area contributed by atoms with E-state index in [4.69, 9.17) is 16.9 Å². The van der Waals surface area contributed by atoms with Gasteiger partial charge in [-0.2, -0.15) is 0 Å². The van der Waals surface area contributed by atoms with Crippen LogP contribution in [0.3, 0.4) is 0 Å². The molecule has 0 aromatic carbocycles. The molecule has 0 aliphatic heterocycles. The number of amides is 4. The zero-order valence-corrected chi connectivity index (χ0v) is 23.7. The van der Waals surface area contributed by atoms with Crippen LogP contribution in [0.2, 0.25) is 0 Å². The zero-order chi connectivity index (χ0) is 31.9. The van der Waals surface area contributed by atoms with E-state index < -0.39 is 84.7 Å². The van der Waals surface area contributed by atoms with Gasteiger partial charge in [0.15, 0.2) is 5.96 Å². The summed E-state index contributed by atoms with van der Waals surface area (Å²) in [5.74, 6) is -7.33. The number of rotatable bonds is 19. The van der Waals surface area contributed by atoms with E-state index in [1.807, 2.05) is 0 Å². The molecule has 0 bridgehead atoms. The first kappa shape index (κ1) is 37.0. The number of carboxylic acids is 2. The summed E-state index contributed by atoms with van der Waals surface area (Å²) in [5.41, 5.74) is 11.1. The fourth-order valence-corrected chi connectivity index (χ4v) is 3.55. The van der Waals surface area contributed by atoms with E-state index in [0.717, 1.165) is 0 Å². The second-order valence-corrected chi connectivity index (χ2v) is 10.3. The predicted molar refractivity (Wildman–Crippen MR) is 146 cm³/mol. The maximum Gasteiger partial charge on any atom is 0.326 e. The van der Waals surface area contributed by atoms with Crippen LogP contribution in [0.15, 0.2) is 0 Å². The van der Waals surface area contributed by atoms with E-state index in [9.17, 15) is 44.1 Å². The highest BCUT2D eigenvalue weighted by molar-refractivity contribution is 5.96. The highest BCUT2D eigenvalue weighted by Crippen LogP contribution is 2.07. The van der Waals surface area contributed by atoms with Crippen molar-refractivity contribution >= 4 is 41.5 Å². The minimum absolute atomic E-state index is 0.0470. The Labute approximate surface area is 238 Å². The third-order valence-electron chi connectivity index (χ3n) is 5.74. The van der Waals surface area contributed by atoms with Crippen molar-refractivity contribution in [1.82, 2.24) is 26.6 Å². The molecule has 0 rings (SSSR count). The van der Waals surface area contributed by atoms with E-state index in [1.54, 1.807) is 27.7 Å². The van der Waals surface area contributed by atoms with Crippen molar-refractivity contribution in [3.63, 3.8) is 0 Å². The number of hydrogen-bond acceptors (Lipinski definition) is 9. The molecule has 41 heavy (non-hydrogen) atoms. The van der Waals surface area contributed by atoms with E-state index in [0.29, 0.717) is 13.0 Å². The summed E-state index contributed by atoms with van der Waals surface area (Å²) >= 11 is 0. The van der Waals surface area contributed by atoms with Crippen molar-refractivity contribution in [3.05, 3.63) is 0 Å². The number of nitrogens with two attached hydrogens (primary N) is 2. The number of nitrogens with one attached hydrogen (secondary N) is 6. The highest BCUT2D eigenvalue weighted by Gasteiger charge is 2.33. The molecule has 0 radical (unpaired) electrons. The van der Waals surface area contributed by atoms with Crippen LogP contribution in [-0.2, 0) is 28.8 Å². The van der Waals surface area contributed by atoms with Gasteiger partial charge in [-0.3, -0.25) is 29.4 Å². The summed E-state index contributed by atoms with van der Waals surface area (Å²) in [7, 11) is 0. The maximum atomic E-state index is 12.9. The number of aliphatic carboxylic acids is 2. The largest absolute Gasteiger partial charge is 0.481 e. The molecule has 234 valence electrons. The topological polar surface area (TPSA) is 299 Å². The van der Waals surface area contributed by atoms with Gasteiger partial charge in [-0.15, -0.1) is 0 Å². The van der Waals surface area contributed by atoms with Crippen LogP contribution < -0.4 is 38.1 Å². The van der Waals surface area contributed by atoms with Crippen molar-refractivity contribution < 1.29 is 44.1 Å². The SMILES string of the molecule is CC(C)C[C@H](NC(=O)[C@H](CC(=O)O)NC(=O)[C@H](CO)NC(=O)[C@@H](NC(=O)[C@@H](N)CCCNC(=N)N)C(C)C)C(=O)O. The number of aliphatic hydroxyl groups excluding tert-OH is 1. The van der Waals surface area contributed by atoms with Crippen molar-refractivity contribution in [2.75, 3.05) is 13.2 Å². The third kappa shape index (κ3) is 14.8. The van der Waals surface area contributed by atoms with Crippen LogP contribution in [-0.4, -0.2) is 100 Å². The molecular weight excluding hydrogens is 544 g/mol. The minimum atomic E-state index is -1.71. The third-order valence-corrected chi connectivity index (χ3v) is 5.74. The fourth-order valence-electron chi connectivity index (χ4n) is 3.55. The van der Waals surface area contributed by atoms with Gasteiger partial charge in [-0.1, -0.05) is 27.7 Å². The first-order valence-corrected chi connectivity index (χ1v) is 13.1. The second-order valence-electron chi connectivity index (χ2n) is 10.3.